The Morgan fingerprint density at radius 2 is 1.90 bits per heavy atom. The number of nitriles is 1. The lowest BCUT2D eigenvalue weighted by molar-refractivity contribution is 0.624. The van der Waals surface area contributed by atoms with Crippen LogP contribution in [0.15, 0.2) is 42.5 Å². The summed E-state index contributed by atoms with van der Waals surface area (Å²) in [5.41, 5.74) is 3.42. The molecule has 0 radical (unpaired) electrons. The molecule has 3 rings (SSSR count). The van der Waals surface area contributed by atoms with Crippen molar-refractivity contribution < 1.29 is 4.39 Å². The number of rotatable bonds is 4. The molecule has 0 saturated heterocycles. The summed E-state index contributed by atoms with van der Waals surface area (Å²) in [6, 6.07) is 14.9. The van der Waals surface area contributed by atoms with Crippen LogP contribution in [-0.2, 0) is 6.54 Å². The lowest BCUT2D eigenvalue weighted by Crippen LogP contribution is -2.00. The van der Waals surface area contributed by atoms with Crippen LogP contribution in [0.3, 0.4) is 0 Å². The number of halogens is 1. The summed E-state index contributed by atoms with van der Waals surface area (Å²) >= 11 is 0. The number of benzene rings is 2. The van der Waals surface area contributed by atoms with Gasteiger partial charge in [-0.1, -0.05) is 24.3 Å². The number of nitrogens with one attached hydrogen (secondary N) is 1. The third-order valence-corrected chi connectivity index (χ3v) is 3.61. The predicted octanol–water partition coefficient (Wildman–Crippen LogP) is 4.19. The van der Waals surface area contributed by atoms with Gasteiger partial charge in [-0.05, 0) is 48.1 Å². The van der Waals surface area contributed by atoms with Gasteiger partial charge in [-0.2, -0.15) is 5.26 Å². The third-order valence-electron chi connectivity index (χ3n) is 3.61. The Bertz CT molecular complexity index is 652. The van der Waals surface area contributed by atoms with Gasteiger partial charge in [0.2, 0.25) is 0 Å². The van der Waals surface area contributed by atoms with Crippen LogP contribution in [0.25, 0.3) is 0 Å². The molecule has 0 aliphatic heterocycles. The van der Waals surface area contributed by atoms with Crippen molar-refractivity contribution >= 4 is 5.69 Å². The summed E-state index contributed by atoms with van der Waals surface area (Å²) < 4.78 is 13.2. The van der Waals surface area contributed by atoms with Crippen LogP contribution in [-0.4, -0.2) is 0 Å². The highest BCUT2D eigenvalue weighted by Gasteiger charge is 2.22. The van der Waals surface area contributed by atoms with Crippen molar-refractivity contribution in [3.63, 3.8) is 0 Å². The minimum absolute atomic E-state index is 0.0686. The van der Waals surface area contributed by atoms with Gasteiger partial charge in [0.1, 0.15) is 11.9 Å². The Morgan fingerprint density at radius 1 is 1.15 bits per heavy atom. The van der Waals surface area contributed by atoms with Crippen LogP contribution in [0.2, 0.25) is 0 Å². The molecule has 2 aromatic rings. The van der Waals surface area contributed by atoms with Crippen molar-refractivity contribution in [3.05, 3.63) is 65.0 Å². The summed E-state index contributed by atoms with van der Waals surface area (Å²) in [7, 11) is 0. The van der Waals surface area contributed by atoms with Crippen LogP contribution < -0.4 is 5.32 Å². The first kappa shape index (κ1) is 12.7. The molecule has 0 unspecified atom stereocenters. The minimum Gasteiger partial charge on any atom is -0.381 e. The van der Waals surface area contributed by atoms with Gasteiger partial charge in [-0.3, -0.25) is 0 Å². The Balaban J connectivity index is 1.65. The highest BCUT2D eigenvalue weighted by molar-refractivity contribution is 5.50. The zero-order valence-corrected chi connectivity index (χ0v) is 11.1. The second-order valence-electron chi connectivity index (χ2n) is 5.18. The van der Waals surface area contributed by atoms with E-state index in [0.29, 0.717) is 6.54 Å². The van der Waals surface area contributed by atoms with Crippen molar-refractivity contribution in [2.24, 2.45) is 0 Å². The quantitative estimate of drug-likeness (QED) is 0.900. The first-order valence-corrected chi connectivity index (χ1v) is 6.78. The molecule has 0 atom stereocenters. The molecule has 3 heteroatoms. The van der Waals surface area contributed by atoms with E-state index in [-0.39, 0.29) is 5.56 Å². The first-order chi connectivity index (χ1) is 9.76. The number of hydrogen-bond acceptors (Lipinski definition) is 2. The fourth-order valence-electron chi connectivity index (χ4n) is 2.25. The molecule has 20 heavy (non-hydrogen) atoms. The molecule has 1 saturated carbocycles. The molecule has 1 fully saturated rings. The van der Waals surface area contributed by atoms with Gasteiger partial charge in [0.15, 0.2) is 0 Å². The molecule has 1 aliphatic carbocycles. The van der Waals surface area contributed by atoms with Gasteiger partial charge < -0.3 is 5.32 Å². The maximum atomic E-state index is 13.2. The molecule has 100 valence electrons. The van der Waals surface area contributed by atoms with E-state index in [0.717, 1.165) is 11.6 Å². The van der Waals surface area contributed by atoms with Gasteiger partial charge in [0.25, 0.3) is 0 Å². The van der Waals surface area contributed by atoms with Crippen LogP contribution in [0.1, 0.15) is 35.4 Å². The Morgan fingerprint density at radius 3 is 2.55 bits per heavy atom. The Kier molecular flexibility index (Phi) is 3.39. The summed E-state index contributed by atoms with van der Waals surface area (Å²) in [6.45, 7) is 0.668. The molecule has 2 nitrogen and oxygen atoms in total. The maximum Gasteiger partial charge on any atom is 0.141 e. The number of hydrogen-bond donors (Lipinski definition) is 1. The molecule has 1 N–H and O–H groups in total. The number of nitrogens with zero attached hydrogens (tertiary/aromatic N) is 1. The van der Waals surface area contributed by atoms with Gasteiger partial charge in [0.05, 0.1) is 5.56 Å². The average Bonchev–Trinajstić information content (AvgIpc) is 3.32. The smallest absolute Gasteiger partial charge is 0.141 e. The van der Waals surface area contributed by atoms with Crippen molar-refractivity contribution in [2.75, 3.05) is 5.32 Å². The predicted molar refractivity (Wildman–Crippen MR) is 76.9 cm³/mol. The zero-order valence-electron chi connectivity index (χ0n) is 11.1. The summed E-state index contributed by atoms with van der Waals surface area (Å²) in [5, 5.41) is 12.0. The van der Waals surface area contributed by atoms with E-state index in [9.17, 15) is 4.39 Å². The van der Waals surface area contributed by atoms with Crippen LogP contribution >= 0.6 is 0 Å². The minimum atomic E-state index is -0.480. The summed E-state index contributed by atoms with van der Waals surface area (Å²) in [6.07, 6.45) is 2.62. The standard InChI is InChI=1S/C17H15FN2/c18-17-8-7-16(9-15(17)10-19)20-11-12-1-3-13(4-2-12)14-5-6-14/h1-4,7-9,14,20H,5-6,11H2. The topological polar surface area (TPSA) is 35.8 Å². The van der Waals surface area contributed by atoms with Crippen molar-refractivity contribution in [1.29, 1.82) is 5.26 Å². The van der Waals surface area contributed by atoms with Gasteiger partial charge in [-0.15, -0.1) is 0 Å². The highest BCUT2D eigenvalue weighted by Crippen LogP contribution is 2.39. The van der Waals surface area contributed by atoms with E-state index in [1.54, 1.807) is 6.07 Å². The average molecular weight is 266 g/mol. The van der Waals surface area contributed by atoms with E-state index in [4.69, 9.17) is 5.26 Å². The lowest BCUT2D eigenvalue weighted by Gasteiger charge is -2.08. The van der Waals surface area contributed by atoms with Crippen molar-refractivity contribution in [2.45, 2.75) is 25.3 Å². The van der Waals surface area contributed by atoms with Crippen molar-refractivity contribution in [1.82, 2.24) is 0 Å². The van der Waals surface area contributed by atoms with Crippen molar-refractivity contribution in [3.8, 4) is 6.07 Å². The molecular weight excluding hydrogens is 251 g/mol. The first-order valence-electron chi connectivity index (χ1n) is 6.78. The lowest BCUT2D eigenvalue weighted by atomic mass is 10.1. The highest BCUT2D eigenvalue weighted by atomic mass is 19.1. The summed E-state index contributed by atoms with van der Waals surface area (Å²) in [4.78, 5) is 0. The SMILES string of the molecule is N#Cc1cc(NCc2ccc(C3CC3)cc2)ccc1F. The molecule has 0 bridgehead atoms. The normalized spacial score (nSPS) is 13.8. The monoisotopic (exact) mass is 266 g/mol. The maximum absolute atomic E-state index is 13.2. The molecule has 0 heterocycles. The molecular formula is C17H15FN2. The third kappa shape index (κ3) is 2.80. The van der Waals surface area contributed by atoms with Gasteiger partial charge in [-0.25, -0.2) is 4.39 Å². The second kappa shape index (κ2) is 5.34. The Labute approximate surface area is 117 Å². The Hall–Kier alpha value is -2.34. The van der Waals surface area contributed by atoms with E-state index < -0.39 is 5.82 Å². The van der Waals surface area contributed by atoms with E-state index >= 15 is 0 Å². The second-order valence-corrected chi connectivity index (χ2v) is 5.18. The van der Waals surface area contributed by atoms with Crippen LogP contribution in [0.5, 0.6) is 0 Å². The van der Waals surface area contributed by atoms with Crippen LogP contribution in [0.4, 0.5) is 10.1 Å². The zero-order chi connectivity index (χ0) is 13.9. The van der Waals surface area contributed by atoms with E-state index in [1.165, 1.54) is 36.1 Å². The van der Waals surface area contributed by atoms with Gasteiger partial charge in [0, 0.05) is 12.2 Å². The molecule has 2 aromatic carbocycles. The molecule has 0 aromatic heterocycles. The molecule has 0 spiro atoms. The largest absolute Gasteiger partial charge is 0.381 e. The van der Waals surface area contributed by atoms with Gasteiger partial charge >= 0.3 is 0 Å². The van der Waals surface area contributed by atoms with E-state index in [2.05, 4.69) is 29.6 Å². The van der Waals surface area contributed by atoms with Crippen LogP contribution in [0, 0.1) is 17.1 Å². The van der Waals surface area contributed by atoms with E-state index in [1.807, 2.05) is 6.07 Å². The molecule has 1 aliphatic rings. The fraction of sp³-hybridized carbons (Fsp3) is 0.235. The number of anilines is 1. The fourth-order valence-corrected chi connectivity index (χ4v) is 2.25. The summed E-state index contributed by atoms with van der Waals surface area (Å²) in [5.74, 6) is 0.291. The molecule has 0 amide bonds.